The van der Waals surface area contributed by atoms with Crippen LogP contribution in [0, 0.1) is 5.82 Å². The van der Waals surface area contributed by atoms with Gasteiger partial charge in [-0.3, -0.25) is 4.79 Å². The molecule has 2 rings (SSSR count). The van der Waals surface area contributed by atoms with E-state index in [4.69, 9.17) is 4.74 Å². The van der Waals surface area contributed by atoms with Crippen LogP contribution in [0.5, 0.6) is 5.75 Å². The van der Waals surface area contributed by atoms with Gasteiger partial charge in [0, 0.05) is 19.1 Å². The topological polar surface area (TPSA) is 41.6 Å². The fourth-order valence-corrected chi connectivity index (χ4v) is 2.38. The molecule has 1 aromatic rings. The quantitative estimate of drug-likeness (QED) is 0.894. The lowest BCUT2D eigenvalue weighted by molar-refractivity contribution is -0.133. The normalized spacial score (nSPS) is 18.9. The van der Waals surface area contributed by atoms with Gasteiger partial charge in [-0.1, -0.05) is 0 Å². The van der Waals surface area contributed by atoms with Crippen molar-refractivity contribution in [2.24, 2.45) is 0 Å². The van der Waals surface area contributed by atoms with Gasteiger partial charge in [0.15, 0.2) is 0 Å². The summed E-state index contributed by atoms with van der Waals surface area (Å²) < 4.78 is 18.2. The average molecular weight is 280 g/mol. The summed E-state index contributed by atoms with van der Waals surface area (Å²) in [5.74, 6) is 0.415. The highest BCUT2D eigenvalue weighted by atomic mass is 19.1. The van der Waals surface area contributed by atoms with Gasteiger partial charge in [0.05, 0.1) is 13.0 Å². The van der Waals surface area contributed by atoms with E-state index in [1.807, 2.05) is 11.9 Å². The summed E-state index contributed by atoms with van der Waals surface area (Å²) >= 11 is 0. The lowest BCUT2D eigenvalue weighted by atomic mass is 10.1. The molecule has 0 aromatic heterocycles. The predicted molar refractivity (Wildman–Crippen MR) is 75.2 cm³/mol. The zero-order valence-corrected chi connectivity index (χ0v) is 11.8. The fourth-order valence-electron chi connectivity index (χ4n) is 2.38. The zero-order chi connectivity index (χ0) is 14.4. The summed E-state index contributed by atoms with van der Waals surface area (Å²) in [6.07, 6.45) is 2.51. The summed E-state index contributed by atoms with van der Waals surface area (Å²) in [7, 11) is 1.93. The largest absolute Gasteiger partial charge is 0.493 e. The van der Waals surface area contributed by atoms with Crippen molar-refractivity contribution in [2.75, 3.05) is 26.7 Å². The monoisotopic (exact) mass is 280 g/mol. The smallest absolute Gasteiger partial charge is 0.226 e. The van der Waals surface area contributed by atoms with E-state index in [2.05, 4.69) is 5.32 Å². The van der Waals surface area contributed by atoms with Gasteiger partial charge in [0.1, 0.15) is 11.6 Å². The van der Waals surface area contributed by atoms with E-state index in [-0.39, 0.29) is 11.7 Å². The number of piperidine rings is 1. The van der Waals surface area contributed by atoms with Crippen LogP contribution in [0.2, 0.25) is 0 Å². The Morgan fingerprint density at radius 2 is 2.20 bits per heavy atom. The average Bonchev–Trinajstić information content (AvgIpc) is 2.49. The highest BCUT2D eigenvalue weighted by Crippen LogP contribution is 2.13. The first kappa shape index (κ1) is 14.8. The third kappa shape index (κ3) is 4.20. The van der Waals surface area contributed by atoms with Crippen molar-refractivity contribution in [3.8, 4) is 5.75 Å². The molecule has 1 fully saturated rings. The SMILES string of the molecule is CN[C@@H]1CCCN(C(=O)CCOc2ccc(F)cc2)C1. The van der Waals surface area contributed by atoms with Crippen LogP contribution in [0.1, 0.15) is 19.3 Å². The van der Waals surface area contributed by atoms with Crippen LogP contribution >= 0.6 is 0 Å². The maximum atomic E-state index is 12.7. The molecule has 110 valence electrons. The van der Waals surface area contributed by atoms with E-state index in [0.29, 0.717) is 24.8 Å². The Bertz CT molecular complexity index is 436. The molecule has 1 saturated heterocycles. The number of likely N-dealkylation sites (N-methyl/N-ethyl adjacent to an activating group) is 1. The second-order valence-corrected chi connectivity index (χ2v) is 5.02. The minimum absolute atomic E-state index is 0.118. The number of likely N-dealkylation sites (tertiary alicyclic amines) is 1. The second-order valence-electron chi connectivity index (χ2n) is 5.02. The van der Waals surface area contributed by atoms with E-state index in [1.54, 1.807) is 12.1 Å². The molecular weight excluding hydrogens is 259 g/mol. The maximum Gasteiger partial charge on any atom is 0.226 e. The van der Waals surface area contributed by atoms with E-state index < -0.39 is 0 Å². The zero-order valence-electron chi connectivity index (χ0n) is 11.8. The maximum absolute atomic E-state index is 12.7. The van der Waals surface area contributed by atoms with E-state index in [0.717, 1.165) is 25.9 Å². The van der Waals surface area contributed by atoms with Crippen LogP contribution in [-0.2, 0) is 4.79 Å². The minimum Gasteiger partial charge on any atom is -0.493 e. The van der Waals surface area contributed by atoms with Gasteiger partial charge in [-0.25, -0.2) is 4.39 Å². The molecule has 20 heavy (non-hydrogen) atoms. The van der Waals surface area contributed by atoms with Gasteiger partial charge in [0.2, 0.25) is 5.91 Å². The van der Waals surface area contributed by atoms with Crippen LogP contribution in [0.15, 0.2) is 24.3 Å². The number of hydrogen-bond donors (Lipinski definition) is 1. The molecule has 1 heterocycles. The Morgan fingerprint density at radius 3 is 2.90 bits per heavy atom. The Hall–Kier alpha value is -1.62. The molecule has 0 spiro atoms. The third-order valence-corrected chi connectivity index (χ3v) is 3.58. The summed E-state index contributed by atoms with van der Waals surface area (Å²) in [6.45, 7) is 1.92. The summed E-state index contributed by atoms with van der Waals surface area (Å²) in [6, 6.07) is 6.22. The second kappa shape index (κ2) is 7.24. The first-order valence-corrected chi connectivity index (χ1v) is 7.02. The highest BCUT2D eigenvalue weighted by molar-refractivity contribution is 5.76. The number of amides is 1. The van der Waals surface area contributed by atoms with E-state index >= 15 is 0 Å². The first-order valence-electron chi connectivity index (χ1n) is 7.02. The molecular formula is C15H21FN2O2. The number of benzene rings is 1. The Kier molecular flexibility index (Phi) is 5.35. The van der Waals surface area contributed by atoms with Crippen molar-refractivity contribution < 1.29 is 13.9 Å². The van der Waals surface area contributed by atoms with Crippen LogP contribution in [-0.4, -0.2) is 43.6 Å². The summed E-state index contributed by atoms with van der Waals surface area (Å²) in [5.41, 5.74) is 0. The Labute approximate surface area is 118 Å². The third-order valence-electron chi connectivity index (χ3n) is 3.58. The molecule has 1 N–H and O–H groups in total. The lowest BCUT2D eigenvalue weighted by Gasteiger charge is -2.32. The molecule has 0 saturated carbocycles. The van der Waals surface area contributed by atoms with Crippen molar-refractivity contribution in [3.63, 3.8) is 0 Å². The molecule has 1 aliphatic rings. The number of ether oxygens (including phenoxy) is 1. The lowest BCUT2D eigenvalue weighted by Crippen LogP contribution is -2.47. The van der Waals surface area contributed by atoms with Crippen molar-refractivity contribution in [3.05, 3.63) is 30.1 Å². The molecule has 0 unspecified atom stereocenters. The summed E-state index contributed by atoms with van der Waals surface area (Å²) in [4.78, 5) is 13.9. The van der Waals surface area contributed by atoms with E-state index in [9.17, 15) is 9.18 Å². The molecule has 1 aromatic carbocycles. The van der Waals surface area contributed by atoms with Gasteiger partial charge >= 0.3 is 0 Å². The van der Waals surface area contributed by atoms with Crippen LogP contribution in [0.4, 0.5) is 4.39 Å². The molecule has 1 amide bonds. The first-order chi connectivity index (χ1) is 9.69. The van der Waals surface area contributed by atoms with Gasteiger partial charge < -0.3 is 15.0 Å². The number of rotatable bonds is 5. The van der Waals surface area contributed by atoms with Crippen molar-refractivity contribution >= 4 is 5.91 Å². The molecule has 1 atom stereocenters. The Balaban J connectivity index is 1.73. The fraction of sp³-hybridized carbons (Fsp3) is 0.533. The number of carbonyl (C=O) groups excluding carboxylic acids is 1. The van der Waals surface area contributed by atoms with Gasteiger partial charge in [-0.2, -0.15) is 0 Å². The van der Waals surface area contributed by atoms with Crippen molar-refractivity contribution in [2.45, 2.75) is 25.3 Å². The minimum atomic E-state index is -0.292. The van der Waals surface area contributed by atoms with Crippen molar-refractivity contribution in [1.29, 1.82) is 0 Å². The molecule has 0 radical (unpaired) electrons. The number of nitrogens with one attached hydrogen (secondary N) is 1. The van der Waals surface area contributed by atoms with Gasteiger partial charge in [-0.15, -0.1) is 0 Å². The molecule has 5 heteroatoms. The number of carbonyl (C=O) groups is 1. The summed E-state index contributed by atoms with van der Waals surface area (Å²) in [5, 5.41) is 3.22. The Morgan fingerprint density at radius 1 is 1.45 bits per heavy atom. The molecule has 1 aliphatic heterocycles. The number of nitrogens with zero attached hydrogens (tertiary/aromatic N) is 1. The van der Waals surface area contributed by atoms with Gasteiger partial charge in [-0.05, 0) is 44.2 Å². The van der Waals surface area contributed by atoms with Crippen LogP contribution in [0.3, 0.4) is 0 Å². The van der Waals surface area contributed by atoms with E-state index in [1.165, 1.54) is 12.1 Å². The number of hydrogen-bond acceptors (Lipinski definition) is 3. The standard InChI is InChI=1S/C15H21FN2O2/c1-17-13-3-2-9-18(11-13)15(19)8-10-20-14-6-4-12(16)5-7-14/h4-7,13,17H,2-3,8-11H2,1H3/t13-/m1/s1. The predicted octanol–water partition coefficient (Wildman–Crippen LogP) is 1.80. The number of halogens is 1. The van der Waals surface area contributed by atoms with Crippen LogP contribution < -0.4 is 10.1 Å². The molecule has 4 nitrogen and oxygen atoms in total. The van der Waals surface area contributed by atoms with Crippen molar-refractivity contribution in [1.82, 2.24) is 10.2 Å². The molecule has 0 bridgehead atoms. The van der Waals surface area contributed by atoms with Gasteiger partial charge in [0.25, 0.3) is 0 Å². The van der Waals surface area contributed by atoms with Crippen LogP contribution in [0.25, 0.3) is 0 Å². The molecule has 0 aliphatic carbocycles. The highest BCUT2D eigenvalue weighted by Gasteiger charge is 2.22.